The molecule has 78 valence electrons. The zero-order chi connectivity index (χ0) is 9.68. The quantitative estimate of drug-likeness (QED) is 0.858. The first kappa shape index (κ1) is 13.6. The molecule has 2 nitrogen and oxygen atoms in total. The summed E-state index contributed by atoms with van der Waals surface area (Å²) in [5, 5.41) is 0. The number of allylic oxidation sites excluding steroid dienone is 1. The lowest BCUT2D eigenvalue weighted by atomic mass is 10.1. The van der Waals surface area contributed by atoms with Crippen LogP contribution in [0.3, 0.4) is 0 Å². The number of pyridine rings is 1. The maximum atomic E-state index is 5.91. The van der Waals surface area contributed by atoms with Crippen LogP contribution < -0.4 is 5.73 Å². The second-order valence-electron chi connectivity index (χ2n) is 2.87. The van der Waals surface area contributed by atoms with Crippen molar-refractivity contribution in [2.45, 2.75) is 18.9 Å². The second-order valence-corrected chi connectivity index (χ2v) is 3.79. The van der Waals surface area contributed by atoms with Crippen molar-refractivity contribution in [1.82, 2.24) is 4.98 Å². The van der Waals surface area contributed by atoms with Crippen molar-refractivity contribution in [3.05, 3.63) is 41.2 Å². The van der Waals surface area contributed by atoms with Crippen molar-refractivity contribution >= 4 is 28.3 Å². The Morgan fingerprint density at radius 3 is 2.79 bits per heavy atom. The first-order valence-electron chi connectivity index (χ1n) is 4.22. The Morgan fingerprint density at radius 2 is 2.29 bits per heavy atom. The largest absolute Gasteiger partial charge is 0.323 e. The van der Waals surface area contributed by atoms with E-state index < -0.39 is 0 Å². The normalized spacial score (nSPS) is 11.6. The van der Waals surface area contributed by atoms with Crippen LogP contribution in [0.15, 0.2) is 35.5 Å². The van der Waals surface area contributed by atoms with Crippen molar-refractivity contribution in [3.63, 3.8) is 0 Å². The Bertz CT molecular complexity index is 274. The molecule has 1 aromatic rings. The first-order chi connectivity index (χ1) is 6.24. The molecule has 0 amide bonds. The number of nitrogens with zero attached hydrogens (tertiary/aromatic N) is 1. The van der Waals surface area contributed by atoms with Gasteiger partial charge in [-0.3, -0.25) is 4.98 Å². The Hall–Kier alpha value is -0.380. The van der Waals surface area contributed by atoms with Gasteiger partial charge in [-0.25, -0.2) is 0 Å². The van der Waals surface area contributed by atoms with Gasteiger partial charge in [-0.15, -0.1) is 19.0 Å². The fraction of sp³-hybridized carbons (Fsp3) is 0.300. The Labute approximate surface area is 99.1 Å². The lowest BCUT2D eigenvalue weighted by Crippen LogP contribution is -2.11. The average molecular weight is 278 g/mol. The van der Waals surface area contributed by atoms with E-state index in [0.717, 1.165) is 23.0 Å². The van der Waals surface area contributed by atoms with Crippen LogP contribution in [0.2, 0.25) is 0 Å². The van der Waals surface area contributed by atoms with Crippen molar-refractivity contribution in [3.8, 4) is 0 Å². The number of hydrogen-bond donors (Lipinski definition) is 1. The summed E-state index contributed by atoms with van der Waals surface area (Å²) in [5.41, 5.74) is 6.84. The number of hydrogen-bond acceptors (Lipinski definition) is 2. The number of halogens is 2. The molecule has 14 heavy (non-hydrogen) atoms. The molecule has 0 spiro atoms. The highest BCUT2D eigenvalue weighted by atomic mass is 79.9. The highest BCUT2D eigenvalue weighted by Gasteiger charge is 2.05. The van der Waals surface area contributed by atoms with Crippen LogP contribution in [-0.4, -0.2) is 4.98 Å². The van der Waals surface area contributed by atoms with E-state index in [0.29, 0.717) is 0 Å². The molecule has 1 aromatic heterocycles. The summed E-state index contributed by atoms with van der Waals surface area (Å²) < 4.78 is 0.979. The van der Waals surface area contributed by atoms with E-state index in [1.807, 2.05) is 18.2 Å². The lowest BCUT2D eigenvalue weighted by molar-refractivity contribution is 0.642. The van der Waals surface area contributed by atoms with Crippen LogP contribution in [0.5, 0.6) is 0 Å². The van der Waals surface area contributed by atoms with Crippen LogP contribution in [-0.2, 0) is 0 Å². The summed E-state index contributed by atoms with van der Waals surface area (Å²) in [6.45, 7) is 3.66. The summed E-state index contributed by atoms with van der Waals surface area (Å²) in [6, 6.07) is 3.92. The molecular formula is C10H14BrClN2. The van der Waals surface area contributed by atoms with Crippen molar-refractivity contribution < 1.29 is 0 Å². The van der Waals surface area contributed by atoms with Gasteiger partial charge in [-0.1, -0.05) is 6.08 Å². The molecule has 0 fully saturated rings. The zero-order valence-electron chi connectivity index (χ0n) is 7.82. The molecule has 0 bridgehead atoms. The van der Waals surface area contributed by atoms with Gasteiger partial charge in [0, 0.05) is 16.7 Å². The van der Waals surface area contributed by atoms with E-state index in [-0.39, 0.29) is 18.4 Å². The summed E-state index contributed by atoms with van der Waals surface area (Å²) in [6.07, 6.45) is 5.47. The van der Waals surface area contributed by atoms with Gasteiger partial charge in [0.25, 0.3) is 0 Å². The minimum Gasteiger partial charge on any atom is -0.323 e. The molecule has 0 aliphatic rings. The topological polar surface area (TPSA) is 38.9 Å². The maximum absolute atomic E-state index is 5.91. The van der Waals surface area contributed by atoms with Gasteiger partial charge in [0.05, 0.1) is 5.69 Å². The van der Waals surface area contributed by atoms with E-state index in [1.165, 1.54) is 0 Å². The average Bonchev–Trinajstić information content (AvgIpc) is 2.15. The van der Waals surface area contributed by atoms with E-state index in [1.54, 1.807) is 6.20 Å². The van der Waals surface area contributed by atoms with Crippen LogP contribution in [0.1, 0.15) is 24.6 Å². The monoisotopic (exact) mass is 276 g/mol. The molecule has 0 saturated heterocycles. The van der Waals surface area contributed by atoms with E-state index >= 15 is 0 Å². The fourth-order valence-corrected chi connectivity index (χ4v) is 1.29. The second kappa shape index (κ2) is 6.98. The molecule has 0 unspecified atom stereocenters. The number of rotatable bonds is 4. The van der Waals surface area contributed by atoms with E-state index in [9.17, 15) is 0 Å². The Balaban J connectivity index is 0.00000169. The standard InChI is InChI=1S/C10H13BrN2.ClH/c1-2-3-4-9(12)10-6-5-8(11)7-13-10;/h2,5-7,9H,1,3-4,12H2;1H/t9-;/m1./s1. The Morgan fingerprint density at radius 1 is 1.57 bits per heavy atom. The molecule has 0 aromatic carbocycles. The summed E-state index contributed by atoms with van der Waals surface area (Å²) in [5.74, 6) is 0. The lowest BCUT2D eigenvalue weighted by Gasteiger charge is -2.08. The fourth-order valence-electron chi connectivity index (χ4n) is 1.05. The summed E-state index contributed by atoms with van der Waals surface area (Å²) >= 11 is 3.33. The van der Waals surface area contributed by atoms with E-state index in [4.69, 9.17) is 5.73 Å². The highest BCUT2D eigenvalue weighted by molar-refractivity contribution is 9.10. The molecule has 1 heterocycles. The number of aromatic nitrogens is 1. The van der Waals surface area contributed by atoms with Crippen molar-refractivity contribution in [2.24, 2.45) is 5.73 Å². The molecule has 0 aliphatic heterocycles. The summed E-state index contributed by atoms with van der Waals surface area (Å²) in [7, 11) is 0. The minimum absolute atomic E-state index is 0. The number of nitrogens with two attached hydrogens (primary N) is 1. The summed E-state index contributed by atoms with van der Waals surface area (Å²) in [4.78, 5) is 4.22. The smallest absolute Gasteiger partial charge is 0.0571 e. The van der Waals surface area contributed by atoms with Crippen LogP contribution in [0, 0.1) is 0 Å². The van der Waals surface area contributed by atoms with Gasteiger partial charge in [-0.2, -0.15) is 0 Å². The van der Waals surface area contributed by atoms with Gasteiger partial charge in [-0.05, 0) is 40.9 Å². The van der Waals surface area contributed by atoms with Gasteiger partial charge >= 0.3 is 0 Å². The van der Waals surface area contributed by atoms with Gasteiger partial charge < -0.3 is 5.73 Å². The molecular weight excluding hydrogens is 263 g/mol. The van der Waals surface area contributed by atoms with Crippen molar-refractivity contribution in [1.29, 1.82) is 0 Å². The molecule has 0 radical (unpaired) electrons. The van der Waals surface area contributed by atoms with Gasteiger partial charge in [0.1, 0.15) is 0 Å². The third-order valence-electron chi connectivity index (χ3n) is 1.81. The van der Waals surface area contributed by atoms with Crippen molar-refractivity contribution in [2.75, 3.05) is 0 Å². The maximum Gasteiger partial charge on any atom is 0.0571 e. The molecule has 1 atom stereocenters. The Kier molecular flexibility index (Phi) is 6.79. The van der Waals surface area contributed by atoms with Gasteiger partial charge in [0.15, 0.2) is 0 Å². The molecule has 0 aliphatic carbocycles. The highest BCUT2D eigenvalue weighted by Crippen LogP contribution is 2.15. The van der Waals surface area contributed by atoms with Crippen LogP contribution >= 0.6 is 28.3 Å². The third-order valence-corrected chi connectivity index (χ3v) is 2.28. The molecule has 1 rings (SSSR count). The predicted molar refractivity (Wildman–Crippen MR) is 65.5 cm³/mol. The SMILES string of the molecule is C=CCC[C@@H](N)c1ccc(Br)cn1.Cl. The molecule has 0 saturated carbocycles. The molecule has 4 heteroatoms. The molecule has 2 N–H and O–H groups in total. The predicted octanol–water partition coefficient (Wildman–Crippen LogP) is 3.23. The zero-order valence-corrected chi connectivity index (χ0v) is 10.2. The third kappa shape index (κ3) is 4.22. The van der Waals surface area contributed by atoms with Crippen LogP contribution in [0.25, 0.3) is 0 Å². The van der Waals surface area contributed by atoms with E-state index in [2.05, 4.69) is 27.5 Å². The van der Waals surface area contributed by atoms with Crippen LogP contribution in [0.4, 0.5) is 0 Å². The minimum atomic E-state index is 0. The van der Waals surface area contributed by atoms with Gasteiger partial charge in [0.2, 0.25) is 0 Å². The first-order valence-corrected chi connectivity index (χ1v) is 5.01.